The predicted octanol–water partition coefficient (Wildman–Crippen LogP) is 3.11. The Morgan fingerprint density at radius 3 is 3.00 bits per heavy atom. The van der Waals surface area contributed by atoms with Crippen LogP contribution < -0.4 is 0 Å². The van der Waals surface area contributed by atoms with Gasteiger partial charge in [-0.2, -0.15) is 11.8 Å². The van der Waals surface area contributed by atoms with Gasteiger partial charge in [-0.1, -0.05) is 20.8 Å². The monoisotopic (exact) mass is 242 g/mol. The third-order valence-corrected chi connectivity index (χ3v) is 5.50. The highest BCUT2D eigenvalue weighted by Crippen LogP contribution is 2.47. The number of carbonyl (C=O) groups is 1. The Morgan fingerprint density at radius 1 is 1.56 bits per heavy atom. The van der Waals surface area contributed by atoms with E-state index < -0.39 is 0 Å². The van der Waals surface area contributed by atoms with Gasteiger partial charge in [-0.05, 0) is 36.2 Å². The number of rotatable bonds is 3. The van der Waals surface area contributed by atoms with Crippen molar-refractivity contribution < 1.29 is 9.53 Å². The topological polar surface area (TPSA) is 26.3 Å². The van der Waals surface area contributed by atoms with Crippen LogP contribution in [0.25, 0.3) is 0 Å². The molecule has 1 aliphatic carbocycles. The van der Waals surface area contributed by atoms with E-state index >= 15 is 0 Å². The molecule has 4 unspecified atom stereocenters. The standard InChI is InChI=1S/C13H22O2S/c1-4-16-8-13(3)6-5-10-9(2)12(14)15-11(10)7-13/h9-11H,4-8H2,1-3H3. The molecule has 0 spiro atoms. The highest BCUT2D eigenvalue weighted by Gasteiger charge is 2.48. The molecule has 2 aliphatic rings. The lowest BCUT2D eigenvalue weighted by molar-refractivity contribution is -0.145. The largest absolute Gasteiger partial charge is 0.462 e. The molecule has 1 saturated carbocycles. The summed E-state index contributed by atoms with van der Waals surface area (Å²) in [5, 5.41) is 0. The first kappa shape index (κ1) is 12.3. The Hall–Kier alpha value is -0.180. The van der Waals surface area contributed by atoms with Gasteiger partial charge in [-0.3, -0.25) is 4.79 Å². The van der Waals surface area contributed by atoms with Crippen molar-refractivity contribution in [2.75, 3.05) is 11.5 Å². The van der Waals surface area contributed by atoms with E-state index in [-0.39, 0.29) is 18.0 Å². The summed E-state index contributed by atoms with van der Waals surface area (Å²) in [5.74, 6) is 3.04. The van der Waals surface area contributed by atoms with Gasteiger partial charge in [0.25, 0.3) is 0 Å². The summed E-state index contributed by atoms with van der Waals surface area (Å²) in [4.78, 5) is 11.5. The van der Waals surface area contributed by atoms with Crippen LogP contribution in [0, 0.1) is 17.3 Å². The van der Waals surface area contributed by atoms with E-state index in [2.05, 4.69) is 13.8 Å². The second-order valence-electron chi connectivity index (χ2n) is 5.62. The molecule has 0 N–H and O–H groups in total. The molecule has 4 atom stereocenters. The molecule has 1 heterocycles. The predicted molar refractivity (Wildman–Crippen MR) is 67.5 cm³/mol. The minimum Gasteiger partial charge on any atom is -0.462 e. The van der Waals surface area contributed by atoms with Gasteiger partial charge in [-0.15, -0.1) is 0 Å². The summed E-state index contributed by atoms with van der Waals surface area (Å²) in [6.07, 6.45) is 3.69. The van der Waals surface area contributed by atoms with Crippen molar-refractivity contribution in [3.05, 3.63) is 0 Å². The number of hydrogen-bond acceptors (Lipinski definition) is 3. The Balaban J connectivity index is 1.98. The fourth-order valence-electron chi connectivity index (χ4n) is 3.05. The van der Waals surface area contributed by atoms with Gasteiger partial charge < -0.3 is 4.74 Å². The van der Waals surface area contributed by atoms with Gasteiger partial charge >= 0.3 is 5.97 Å². The van der Waals surface area contributed by atoms with Crippen molar-refractivity contribution in [2.45, 2.75) is 46.1 Å². The van der Waals surface area contributed by atoms with Crippen LogP contribution in [0.15, 0.2) is 0 Å². The lowest BCUT2D eigenvalue weighted by Crippen LogP contribution is -2.36. The third kappa shape index (κ3) is 2.24. The molecule has 1 aliphatic heterocycles. The first-order valence-electron chi connectivity index (χ1n) is 6.34. The van der Waals surface area contributed by atoms with Crippen molar-refractivity contribution in [1.82, 2.24) is 0 Å². The Morgan fingerprint density at radius 2 is 2.31 bits per heavy atom. The number of fused-ring (bicyclic) bond motifs is 1. The maximum atomic E-state index is 11.5. The molecule has 0 amide bonds. The second kappa shape index (κ2) is 4.59. The molecule has 16 heavy (non-hydrogen) atoms. The van der Waals surface area contributed by atoms with Crippen LogP contribution in [-0.4, -0.2) is 23.6 Å². The molecule has 2 fully saturated rings. The van der Waals surface area contributed by atoms with Crippen molar-refractivity contribution in [1.29, 1.82) is 0 Å². The van der Waals surface area contributed by atoms with Crippen LogP contribution in [0.4, 0.5) is 0 Å². The van der Waals surface area contributed by atoms with E-state index in [9.17, 15) is 4.79 Å². The lowest BCUT2D eigenvalue weighted by atomic mass is 9.69. The average molecular weight is 242 g/mol. The van der Waals surface area contributed by atoms with E-state index in [4.69, 9.17) is 4.74 Å². The number of thioether (sulfide) groups is 1. The minimum absolute atomic E-state index is 0.0300. The zero-order valence-electron chi connectivity index (χ0n) is 10.5. The fraction of sp³-hybridized carbons (Fsp3) is 0.923. The molecule has 2 nitrogen and oxygen atoms in total. The summed E-state index contributed by atoms with van der Waals surface area (Å²) in [5.41, 5.74) is 0.381. The smallest absolute Gasteiger partial charge is 0.309 e. The number of hydrogen-bond donors (Lipinski definition) is 0. The van der Waals surface area contributed by atoms with Gasteiger partial charge in [0.05, 0.1) is 5.92 Å². The van der Waals surface area contributed by atoms with E-state index in [1.807, 2.05) is 18.7 Å². The molecule has 92 valence electrons. The Kier molecular flexibility index (Phi) is 3.53. The first-order chi connectivity index (χ1) is 7.56. The minimum atomic E-state index is 0.0300. The molecular weight excluding hydrogens is 220 g/mol. The number of esters is 1. The van der Waals surface area contributed by atoms with Crippen molar-refractivity contribution in [3.63, 3.8) is 0 Å². The molecule has 0 aromatic rings. The summed E-state index contributed by atoms with van der Waals surface area (Å²) in [6.45, 7) is 6.58. The van der Waals surface area contributed by atoms with Crippen LogP contribution in [0.3, 0.4) is 0 Å². The average Bonchev–Trinajstić information content (AvgIpc) is 2.51. The maximum Gasteiger partial charge on any atom is 0.309 e. The highest BCUT2D eigenvalue weighted by molar-refractivity contribution is 7.99. The Labute approximate surface area is 103 Å². The van der Waals surface area contributed by atoms with Crippen LogP contribution >= 0.6 is 11.8 Å². The van der Waals surface area contributed by atoms with Crippen LogP contribution in [0.5, 0.6) is 0 Å². The highest BCUT2D eigenvalue weighted by atomic mass is 32.2. The molecular formula is C13H22O2S. The third-order valence-electron chi connectivity index (χ3n) is 4.19. The van der Waals surface area contributed by atoms with Gasteiger partial charge in [0.2, 0.25) is 0 Å². The summed E-state index contributed by atoms with van der Waals surface area (Å²) < 4.78 is 5.50. The molecule has 3 heteroatoms. The normalized spacial score (nSPS) is 42.9. The van der Waals surface area contributed by atoms with Gasteiger partial charge in [0.1, 0.15) is 6.10 Å². The quantitative estimate of drug-likeness (QED) is 0.711. The van der Waals surface area contributed by atoms with Gasteiger partial charge in [0.15, 0.2) is 0 Å². The Bertz CT molecular complexity index is 279. The van der Waals surface area contributed by atoms with Crippen molar-refractivity contribution in [3.8, 4) is 0 Å². The summed E-state index contributed by atoms with van der Waals surface area (Å²) in [7, 11) is 0. The fourth-order valence-corrected chi connectivity index (χ4v) is 4.01. The van der Waals surface area contributed by atoms with Crippen molar-refractivity contribution in [2.24, 2.45) is 17.3 Å². The molecule has 2 rings (SSSR count). The van der Waals surface area contributed by atoms with E-state index in [0.717, 1.165) is 6.42 Å². The van der Waals surface area contributed by atoms with E-state index in [1.54, 1.807) is 0 Å². The van der Waals surface area contributed by atoms with Crippen LogP contribution in [-0.2, 0) is 9.53 Å². The second-order valence-corrected chi connectivity index (χ2v) is 6.89. The van der Waals surface area contributed by atoms with E-state index in [1.165, 1.54) is 24.3 Å². The summed E-state index contributed by atoms with van der Waals surface area (Å²) >= 11 is 2.01. The zero-order valence-corrected chi connectivity index (χ0v) is 11.3. The molecule has 0 aromatic carbocycles. The van der Waals surface area contributed by atoms with Crippen LogP contribution in [0.2, 0.25) is 0 Å². The van der Waals surface area contributed by atoms with Crippen molar-refractivity contribution >= 4 is 17.7 Å². The lowest BCUT2D eigenvalue weighted by Gasteiger charge is -2.39. The molecule has 0 aromatic heterocycles. The first-order valence-corrected chi connectivity index (χ1v) is 7.49. The number of ether oxygens (including phenoxy) is 1. The molecule has 0 bridgehead atoms. The SMILES string of the molecule is CCSCC1(C)CCC2C(C1)OC(=O)C2C. The molecule has 0 radical (unpaired) electrons. The zero-order chi connectivity index (χ0) is 11.8. The van der Waals surface area contributed by atoms with Crippen LogP contribution in [0.1, 0.15) is 40.0 Å². The molecule has 1 saturated heterocycles. The van der Waals surface area contributed by atoms with Gasteiger partial charge in [0, 0.05) is 5.92 Å². The summed E-state index contributed by atoms with van der Waals surface area (Å²) in [6, 6.07) is 0. The van der Waals surface area contributed by atoms with E-state index in [0.29, 0.717) is 11.3 Å². The van der Waals surface area contributed by atoms with Gasteiger partial charge in [-0.25, -0.2) is 0 Å². The number of carbonyl (C=O) groups excluding carboxylic acids is 1. The maximum absolute atomic E-state index is 11.5.